The van der Waals surface area contributed by atoms with Gasteiger partial charge in [0.2, 0.25) is 11.8 Å². The summed E-state index contributed by atoms with van der Waals surface area (Å²) >= 11 is 0. The van der Waals surface area contributed by atoms with E-state index in [4.69, 9.17) is 4.74 Å². The van der Waals surface area contributed by atoms with Gasteiger partial charge in [-0.3, -0.25) is 9.59 Å². The second kappa shape index (κ2) is 7.85. The molecule has 1 atom stereocenters. The number of ether oxygens (including phenoxy) is 1. The third kappa shape index (κ3) is 3.81. The van der Waals surface area contributed by atoms with Gasteiger partial charge in [-0.2, -0.15) is 0 Å². The first-order chi connectivity index (χ1) is 13.5. The minimum Gasteiger partial charge on any atom is -0.368 e. The maximum Gasteiger partial charge on any atom is 0.246 e. The normalized spacial score (nSPS) is 23.2. The number of imidazole rings is 1. The average molecular weight is 389 g/mol. The van der Waals surface area contributed by atoms with Crippen LogP contribution >= 0.6 is 0 Å². The van der Waals surface area contributed by atoms with Crippen molar-refractivity contribution >= 4 is 11.8 Å². The van der Waals surface area contributed by atoms with E-state index in [1.54, 1.807) is 6.20 Å². The molecule has 1 spiro atoms. The molecule has 3 aliphatic rings. The molecule has 7 nitrogen and oxygen atoms in total. The Kier molecular flexibility index (Phi) is 5.45. The number of aromatic nitrogens is 2. The zero-order chi connectivity index (χ0) is 19.7. The number of amides is 2. The molecule has 1 unspecified atom stereocenters. The Morgan fingerprint density at radius 1 is 1.32 bits per heavy atom. The van der Waals surface area contributed by atoms with Crippen LogP contribution in [0.2, 0.25) is 0 Å². The van der Waals surface area contributed by atoms with E-state index in [0.717, 1.165) is 31.5 Å². The number of hydrogen-bond donors (Lipinski definition) is 1. The van der Waals surface area contributed by atoms with Crippen LogP contribution in [0.3, 0.4) is 0 Å². The molecule has 2 aliphatic heterocycles. The summed E-state index contributed by atoms with van der Waals surface area (Å²) in [7, 11) is 0. The molecular formula is C21H32N4O3. The summed E-state index contributed by atoms with van der Waals surface area (Å²) in [4.78, 5) is 31.2. The standard InChI is InChI=1S/C21H32N4O3/c1-15(2)7-8-19(27)24-13-21(14-24)11-17(20-22-9-10-25(20)21)23-18(26)12-28-16-5-3-4-6-16/h9-10,15-17H,3-8,11-14H2,1-2H3,(H,23,26). The molecule has 0 aromatic carbocycles. The molecule has 0 bridgehead atoms. The fraction of sp³-hybridized carbons (Fsp3) is 0.762. The molecule has 1 aromatic heterocycles. The molecule has 28 heavy (non-hydrogen) atoms. The van der Waals surface area contributed by atoms with E-state index in [0.29, 0.717) is 25.4 Å². The van der Waals surface area contributed by atoms with E-state index in [2.05, 4.69) is 28.7 Å². The van der Waals surface area contributed by atoms with Crippen LogP contribution < -0.4 is 5.32 Å². The van der Waals surface area contributed by atoms with Gasteiger partial charge in [-0.05, 0) is 25.2 Å². The molecule has 1 saturated heterocycles. The highest BCUT2D eigenvalue weighted by molar-refractivity contribution is 5.78. The number of nitrogens with one attached hydrogen (secondary N) is 1. The Hall–Kier alpha value is -1.89. The summed E-state index contributed by atoms with van der Waals surface area (Å²) in [6.07, 6.45) is 10.8. The Bertz CT molecular complexity index is 717. The van der Waals surface area contributed by atoms with Crippen molar-refractivity contribution in [1.82, 2.24) is 19.8 Å². The number of likely N-dealkylation sites (tertiary alicyclic amines) is 1. The summed E-state index contributed by atoms with van der Waals surface area (Å²) in [6, 6.07) is -0.109. The van der Waals surface area contributed by atoms with Crippen LogP contribution in [0.25, 0.3) is 0 Å². The molecule has 154 valence electrons. The number of carbonyl (C=O) groups excluding carboxylic acids is 2. The van der Waals surface area contributed by atoms with Crippen LogP contribution in [0, 0.1) is 5.92 Å². The second-order valence-corrected chi connectivity index (χ2v) is 9.10. The summed E-state index contributed by atoms with van der Waals surface area (Å²) in [5.74, 6) is 1.59. The van der Waals surface area contributed by atoms with E-state index >= 15 is 0 Å². The van der Waals surface area contributed by atoms with Crippen LogP contribution in [0.5, 0.6) is 0 Å². The second-order valence-electron chi connectivity index (χ2n) is 9.10. The van der Waals surface area contributed by atoms with Gasteiger partial charge in [-0.25, -0.2) is 4.98 Å². The van der Waals surface area contributed by atoms with Crippen LogP contribution in [0.15, 0.2) is 12.4 Å². The number of carbonyl (C=O) groups is 2. The van der Waals surface area contributed by atoms with Crippen molar-refractivity contribution in [2.24, 2.45) is 5.92 Å². The lowest BCUT2D eigenvalue weighted by atomic mass is 9.85. The number of fused-ring (bicyclic) bond motifs is 2. The van der Waals surface area contributed by atoms with Crippen molar-refractivity contribution < 1.29 is 14.3 Å². The van der Waals surface area contributed by atoms with Gasteiger partial charge < -0.3 is 19.5 Å². The van der Waals surface area contributed by atoms with E-state index in [9.17, 15) is 9.59 Å². The van der Waals surface area contributed by atoms with Crippen molar-refractivity contribution in [2.75, 3.05) is 19.7 Å². The molecule has 1 aliphatic carbocycles. The molecule has 1 saturated carbocycles. The van der Waals surface area contributed by atoms with Crippen molar-refractivity contribution in [2.45, 2.75) is 76.5 Å². The van der Waals surface area contributed by atoms with Gasteiger partial charge in [0.15, 0.2) is 0 Å². The predicted molar refractivity (Wildman–Crippen MR) is 105 cm³/mol. The van der Waals surface area contributed by atoms with Crippen molar-refractivity contribution in [1.29, 1.82) is 0 Å². The molecule has 2 fully saturated rings. The molecule has 2 amide bonds. The summed E-state index contributed by atoms with van der Waals surface area (Å²) in [5.41, 5.74) is -0.121. The van der Waals surface area contributed by atoms with Gasteiger partial charge >= 0.3 is 0 Å². The first-order valence-electron chi connectivity index (χ1n) is 10.7. The highest BCUT2D eigenvalue weighted by Gasteiger charge is 2.53. The predicted octanol–water partition coefficient (Wildman–Crippen LogP) is 2.38. The molecule has 3 heterocycles. The molecular weight excluding hydrogens is 356 g/mol. The van der Waals surface area contributed by atoms with Crippen molar-refractivity contribution in [3.63, 3.8) is 0 Å². The molecule has 0 radical (unpaired) electrons. The number of rotatable bonds is 7. The largest absolute Gasteiger partial charge is 0.368 e. The van der Waals surface area contributed by atoms with Crippen molar-refractivity contribution in [3.05, 3.63) is 18.2 Å². The molecule has 7 heteroatoms. The lowest BCUT2D eigenvalue weighted by Gasteiger charge is -2.49. The van der Waals surface area contributed by atoms with Crippen LogP contribution in [-0.2, 0) is 19.9 Å². The van der Waals surface area contributed by atoms with Gasteiger partial charge in [0.05, 0.1) is 17.7 Å². The average Bonchev–Trinajstić information content (AvgIpc) is 3.35. The van der Waals surface area contributed by atoms with Gasteiger partial charge in [0.1, 0.15) is 12.4 Å². The maximum atomic E-state index is 12.4. The third-order valence-corrected chi connectivity index (χ3v) is 6.42. The zero-order valence-corrected chi connectivity index (χ0v) is 17.0. The number of hydrogen-bond acceptors (Lipinski definition) is 4. The van der Waals surface area contributed by atoms with Crippen LogP contribution in [0.4, 0.5) is 0 Å². The van der Waals surface area contributed by atoms with E-state index < -0.39 is 0 Å². The summed E-state index contributed by atoms with van der Waals surface area (Å²) in [5, 5.41) is 3.10. The molecule has 4 rings (SSSR count). The smallest absolute Gasteiger partial charge is 0.246 e. The van der Waals surface area contributed by atoms with Gasteiger partial charge in [0, 0.05) is 38.3 Å². The summed E-state index contributed by atoms with van der Waals surface area (Å²) in [6.45, 7) is 5.82. The van der Waals surface area contributed by atoms with Gasteiger partial charge in [-0.1, -0.05) is 26.7 Å². The minimum absolute atomic E-state index is 0.0762. The van der Waals surface area contributed by atoms with Gasteiger partial charge in [0.25, 0.3) is 0 Å². The quantitative estimate of drug-likeness (QED) is 0.778. The SMILES string of the molecule is CC(C)CCC(=O)N1CC2(CC(NC(=O)COC3CCCC3)c3nccn32)C1. The Morgan fingerprint density at radius 2 is 2.07 bits per heavy atom. The molecule has 1 aromatic rings. The Balaban J connectivity index is 1.31. The fourth-order valence-electron chi connectivity index (χ4n) is 4.84. The third-order valence-electron chi connectivity index (χ3n) is 6.42. The Labute approximate surface area is 166 Å². The first kappa shape index (κ1) is 19.4. The fourth-order valence-corrected chi connectivity index (χ4v) is 4.84. The molecule has 1 N–H and O–H groups in total. The topological polar surface area (TPSA) is 76.5 Å². The highest BCUT2D eigenvalue weighted by Crippen LogP contribution is 2.44. The van der Waals surface area contributed by atoms with Gasteiger partial charge in [-0.15, -0.1) is 0 Å². The minimum atomic E-state index is -0.121. The van der Waals surface area contributed by atoms with Crippen LogP contribution in [-0.4, -0.2) is 52.1 Å². The lowest BCUT2D eigenvalue weighted by molar-refractivity contribution is -0.142. The number of nitrogens with zero attached hydrogens (tertiary/aromatic N) is 3. The summed E-state index contributed by atoms with van der Waals surface area (Å²) < 4.78 is 7.91. The van der Waals surface area contributed by atoms with E-state index in [1.165, 1.54) is 12.8 Å². The van der Waals surface area contributed by atoms with Crippen LogP contribution in [0.1, 0.15) is 70.7 Å². The zero-order valence-electron chi connectivity index (χ0n) is 17.0. The first-order valence-corrected chi connectivity index (χ1v) is 10.7. The Morgan fingerprint density at radius 3 is 2.79 bits per heavy atom. The highest BCUT2D eigenvalue weighted by atomic mass is 16.5. The van der Waals surface area contributed by atoms with E-state index in [1.807, 2.05) is 11.1 Å². The lowest BCUT2D eigenvalue weighted by Crippen LogP contribution is -2.63. The van der Waals surface area contributed by atoms with E-state index in [-0.39, 0.29) is 36.1 Å². The maximum absolute atomic E-state index is 12.4. The monoisotopic (exact) mass is 388 g/mol. The van der Waals surface area contributed by atoms with Crippen molar-refractivity contribution in [3.8, 4) is 0 Å².